The SMILES string of the molecule is CCCc1ccc(OCC(O)CN2CCCCC2C)cc1.Cl. The summed E-state index contributed by atoms with van der Waals surface area (Å²) in [6.45, 7) is 6.62. The average molecular weight is 328 g/mol. The lowest BCUT2D eigenvalue weighted by Crippen LogP contribution is -2.43. The largest absolute Gasteiger partial charge is 0.491 e. The lowest BCUT2D eigenvalue weighted by atomic mass is 10.0. The van der Waals surface area contributed by atoms with Crippen molar-refractivity contribution in [1.29, 1.82) is 0 Å². The second kappa shape index (κ2) is 10.1. The number of piperidine rings is 1. The van der Waals surface area contributed by atoms with Crippen LogP contribution in [0.5, 0.6) is 5.75 Å². The first-order valence-electron chi connectivity index (χ1n) is 8.33. The first-order chi connectivity index (χ1) is 10.2. The zero-order chi connectivity index (χ0) is 15.1. The van der Waals surface area contributed by atoms with Crippen LogP contribution in [0.15, 0.2) is 24.3 Å². The van der Waals surface area contributed by atoms with Crippen molar-refractivity contribution < 1.29 is 9.84 Å². The Balaban J connectivity index is 0.00000242. The maximum atomic E-state index is 10.2. The van der Waals surface area contributed by atoms with Crippen molar-refractivity contribution in [1.82, 2.24) is 4.90 Å². The van der Waals surface area contributed by atoms with Crippen LogP contribution in [0.3, 0.4) is 0 Å². The van der Waals surface area contributed by atoms with Crippen LogP contribution in [0.1, 0.15) is 45.1 Å². The number of likely N-dealkylation sites (tertiary alicyclic amines) is 1. The molecule has 1 aromatic carbocycles. The highest BCUT2D eigenvalue weighted by Crippen LogP contribution is 2.17. The van der Waals surface area contributed by atoms with Gasteiger partial charge in [0, 0.05) is 12.6 Å². The summed E-state index contributed by atoms with van der Waals surface area (Å²) in [4.78, 5) is 2.38. The van der Waals surface area contributed by atoms with Crippen molar-refractivity contribution >= 4 is 12.4 Å². The molecule has 0 spiro atoms. The molecule has 0 amide bonds. The van der Waals surface area contributed by atoms with E-state index in [1.54, 1.807) is 0 Å². The molecule has 1 fully saturated rings. The quantitative estimate of drug-likeness (QED) is 0.829. The maximum absolute atomic E-state index is 10.2. The second-order valence-corrected chi connectivity index (χ2v) is 6.20. The number of β-amino-alcohol motifs (C(OH)–C–C–N with tert-alkyl or cyclic N) is 1. The smallest absolute Gasteiger partial charge is 0.119 e. The van der Waals surface area contributed by atoms with Gasteiger partial charge < -0.3 is 9.84 Å². The number of halogens is 1. The minimum atomic E-state index is -0.416. The van der Waals surface area contributed by atoms with Gasteiger partial charge in [-0.3, -0.25) is 4.90 Å². The summed E-state index contributed by atoms with van der Waals surface area (Å²) >= 11 is 0. The van der Waals surface area contributed by atoms with Crippen molar-refractivity contribution in [3.8, 4) is 5.75 Å². The first-order valence-corrected chi connectivity index (χ1v) is 8.33. The average Bonchev–Trinajstić information content (AvgIpc) is 2.49. The summed E-state index contributed by atoms with van der Waals surface area (Å²) in [7, 11) is 0. The van der Waals surface area contributed by atoms with Crippen LogP contribution >= 0.6 is 12.4 Å². The molecule has 0 saturated carbocycles. The third kappa shape index (κ3) is 6.15. The van der Waals surface area contributed by atoms with E-state index < -0.39 is 6.10 Å². The second-order valence-electron chi connectivity index (χ2n) is 6.20. The van der Waals surface area contributed by atoms with Crippen LogP contribution in [0.4, 0.5) is 0 Å². The highest BCUT2D eigenvalue weighted by Gasteiger charge is 2.20. The Morgan fingerprint density at radius 1 is 1.27 bits per heavy atom. The molecule has 3 nitrogen and oxygen atoms in total. The predicted molar refractivity (Wildman–Crippen MR) is 94.1 cm³/mol. The number of nitrogens with zero attached hydrogens (tertiary/aromatic N) is 1. The number of rotatable bonds is 7. The number of aryl methyl sites for hydroxylation is 1. The molecule has 0 aliphatic carbocycles. The molecule has 0 bridgehead atoms. The fraction of sp³-hybridized carbons (Fsp3) is 0.667. The normalized spacial score (nSPS) is 20.2. The molecule has 2 rings (SSSR count). The van der Waals surface area contributed by atoms with E-state index in [-0.39, 0.29) is 12.4 Å². The maximum Gasteiger partial charge on any atom is 0.119 e. The van der Waals surface area contributed by atoms with Gasteiger partial charge in [-0.2, -0.15) is 0 Å². The van der Waals surface area contributed by atoms with Gasteiger partial charge >= 0.3 is 0 Å². The van der Waals surface area contributed by atoms with Gasteiger partial charge in [-0.05, 0) is 50.4 Å². The standard InChI is InChI=1S/C18H29NO2.ClH/c1-3-6-16-8-10-18(11-9-16)21-14-17(20)13-19-12-5-4-7-15(19)2;/h8-11,15,17,20H,3-7,12-14H2,1-2H3;1H. The van der Waals surface area contributed by atoms with Crippen LogP contribution in [-0.4, -0.2) is 41.8 Å². The summed E-state index contributed by atoms with van der Waals surface area (Å²) in [5.41, 5.74) is 1.34. The van der Waals surface area contributed by atoms with E-state index in [9.17, 15) is 5.11 Å². The van der Waals surface area contributed by atoms with Crippen LogP contribution in [0, 0.1) is 0 Å². The van der Waals surface area contributed by atoms with Gasteiger partial charge in [0.25, 0.3) is 0 Å². The van der Waals surface area contributed by atoms with Crippen molar-refractivity contribution in [3.63, 3.8) is 0 Å². The van der Waals surface area contributed by atoms with E-state index in [1.807, 2.05) is 12.1 Å². The first kappa shape index (κ1) is 19.3. The third-order valence-corrected chi connectivity index (χ3v) is 4.29. The third-order valence-electron chi connectivity index (χ3n) is 4.29. The molecule has 22 heavy (non-hydrogen) atoms. The van der Waals surface area contributed by atoms with Gasteiger partial charge in [0.2, 0.25) is 0 Å². The Morgan fingerprint density at radius 2 is 2.00 bits per heavy atom. The molecular formula is C18H30ClNO2. The topological polar surface area (TPSA) is 32.7 Å². The van der Waals surface area contributed by atoms with Crippen LogP contribution in [0.25, 0.3) is 0 Å². The molecule has 1 aromatic rings. The molecule has 126 valence electrons. The molecule has 0 radical (unpaired) electrons. The molecule has 2 atom stereocenters. The van der Waals surface area contributed by atoms with Gasteiger partial charge in [-0.15, -0.1) is 12.4 Å². The fourth-order valence-electron chi connectivity index (χ4n) is 2.99. The highest BCUT2D eigenvalue weighted by molar-refractivity contribution is 5.85. The Labute approximate surface area is 141 Å². The Bertz CT molecular complexity index is 410. The number of benzene rings is 1. The number of aliphatic hydroxyl groups excluding tert-OH is 1. The molecule has 1 aliphatic rings. The van der Waals surface area contributed by atoms with Gasteiger partial charge in [0.15, 0.2) is 0 Å². The minimum absolute atomic E-state index is 0. The molecule has 4 heteroatoms. The summed E-state index contributed by atoms with van der Waals surface area (Å²) in [5, 5.41) is 10.2. The summed E-state index contributed by atoms with van der Waals surface area (Å²) in [6, 6.07) is 8.81. The van der Waals surface area contributed by atoms with E-state index in [1.165, 1.54) is 24.8 Å². The van der Waals surface area contributed by atoms with Gasteiger partial charge in [0.1, 0.15) is 18.5 Å². The van der Waals surface area contributed by atoms with Crippen LogP contribution in [-0.2, 0) is 6.42 Å². The van der Waals surface area contributed by atoms with Crippen LogP contribution in [0.2, 0.25) is 0 Å². The van der Waals surface area contributed by atoms with Gasteiger partial charge in [-0.1, -0.05) is 31.9 Å². The van der Waals surface area contributed by atoms with Crippen molar-refractivity contribution in [3.05, 3.63) is 29.8 Å². The number of ether oxygens (including phenoxy) is 1. The van der Waals surface area contributed by atoms with E-state index in [2.05, 4.69) is 30.9 Å². The van der Waals surface area contributed by atoms with E-state index >= 15 is 0 Å². The van der Waals surface area contributed by atoms with E-state index in [4.69, 9.17) is 4.74 Å². The van der Waals surface area contributed by atoms with Gasteiger partial charge in [-0.25, -0.2) is 0 Å². The lowest BCUT2D eigenvalue weighted by molar-refractivity contribution is 0.0438. The Kier molecular flexibility index (Phi) is 8.84. The Hall–Kier alpha value is -0.770. The van der Waals surface area contributed by atoms with E-state index in [0.717, 1.165) is 31.7 Å². The predicted octanol–water partition coefficient (Wildman–Crippen LogP) is 3.68. The van der Waals surface area contributed by atoms with Crippen molar-refractivity contribution in [2.75, 3.05) is 19.7 Å². The van der Waals surface area contributed by atoms with Gasteiger partial charge in [0.05, 0.1) is 0 Å². The highest BCUT2D eigenvalue weighted by atomic mass is 35.5. The number of hydrogen-bond acceptors (Lipinski definition) is 3. The molecule has 1 heterocycles. The summed E-state index contributed by atoms with van der Waals surface area (Å²) in [5.74, 6) is 0.848. The lowest BCUT2D eigenvalue weighted by Gasteiger charge is -2.34. The molecular weight excluding hydrogens is 298 g/mol. The summed E-state index contributed by atoms with van der Waals surface area (Å²) in [6.07, 6.45) is 5.65. The zero-order valence-corrected chi connectivity index (χ0v) is 14.6. The molecule has 1 saturated heterocycles. The fourth-order valence-corrected chi connectivity index (χ4v) is 2.99. The van der Waals surface area contributed by atoms with Crippen LogP contribution < -0.4 is 4.74 Å². The molecule has 2 unspecified atom stereocenters. The molecule has 1 aliphatic heterocycles. The molecule has 1 N–H and O–H groups in total. The Morgan fingerprint density at radius 3 is 2.64 bits per heavy atom. The number of hydrogen-bond donors (Lipinski definition) is 1. The monoisotopic (exact) mass is 327 g/mol. The molecule has 0 aromatic heterocycles. The van der Waals surface area contributed by atoms with E-state index in [0.29, 0.717) is 12.6 Å². The summed E-state index contributed by atoms with van der Waals surface area (Å²) < 4.78 is 5.70. The van der Waals surface area contributed by atoms with Crippen molar-refractivity contribution in [2.45, 2.75) is 58.1 Å². The minimum Gasteiger partial charge on any atom is -0.491 e. The zero-order valence-electron chi connectivity index (χ0n) is 13.8. The van der Waals surface area contributed by atoms with Crippen molar-refractivity contribution in [2.24, 2.45) is 0 Å². The number of aliphatic hydroxyl groups is 1.